The standard InChI is InChI=1S/C13H13FO4/c1-17-12(15)8-10(13(16)18-2)7-9-3-5-11(14)6-4-9/h3-7H,8H2,1-2H3/b10-7+. The van der Waals surface area contributed by atoms with Gasteiger partial charge in [-0.15, -0.1) is 0 Å². The Kier molecular flexibility index (Phi) is 5.05. The molecule has 0 fully saturated rings. The fraction of sp³-hybridized carbons (Fsp3) is 0.231. The average molecular weight is 252 g/mol. The van der Waals surface area contributed by atoms with Gasteiger partial charge in [0.1, 0.15) is 5.82 Å². The zero-order valence-electron chi connectivity index (χ0n) is 10.1. The molecule has 0 spiro atoms. The number of halogens is 1. The number of rotatable bonds is 4. The summed E-state index contributed by atoms with van der Waals surface area (Å²) in [7, 11) is 2.45. The Morgan fingerprint density at radius 3 is 2.28 bits per heavy atom. The van der Waals surface area contributed by atoms with Crippen LogP contribution >= 0.6 is 0 Å². The van der Waals surface area contributed by atoms with Crippen molar-refractivity contribution in [2.75, 3.05) is 14.2 Å². The van der Waals surface area contributed by atoms with E-state index >= 15 is 0 Å². The molecule has 5 heteroatoms. The van der Waals surface area contributed by atoms with E-state index in [-0.39, 0.29) is 17.8 Å². The SMILES string of the molecule is COC(=O)C/C(=C\c1ccc(F)cc1)C(=O)OC. The van der Waals surface area contributed by atoms with Gasteiger partial charge in [0.25, 0.3) is 0 Å². The van der Waals surface area contributed by atoms with Gasteiger partial charge in [0.2, 0.25) is 0 Å². The molecule has 0 N–H and O–H groups in total. The number of carbonyl (C=O) groups is 2. The lowest BCUT2D eigenvalue weighted by Crippen LogP contribution is -2.10. The lowest BCUT2D eigenvalue weighted by molar-refractivity contribution is -0.143. The third-order valence-electron chi connectivity index (χ3n) is 2.22. The zero-order valence-corrected chi connectivity index (χ0v) is 10.1. The summed E-state index contributed by atoms with van der Waals surface area (Å²) in [5.41, 5.74) is 0.747. The highest BCUT2D eigenvalue weighted by Gasteiger charge is 2.14. The van der Waals surface area contributed by atoms with Gasteiger partial charge in [0.15, 0.2) is 0 Å². The molecule has 0 aliphatic carbocycles. The molecule has 18 heavy (non-hydrogen) atoms. The second kappa shape index (κ2) is 6.54. The van der Waals surface area contributed by atoms with Crippen LogP contribution in [0.25, 0.3) is 6.08 Å². The predicted octanol–water partition coefficient (Wildman–Crippen LogP) is 1.95. The molecular weight excluding hydrogens is 239 g/mol. The number of carbonyl (C=O) groups excluding carboxylic acids is 2. The minimum Gasteiger partial charge on any atom is -0.469 e. The number of hydrogen-bond donors (Lipinski definition) is 0. The summed E-state index contributed by atoms with van der Waals surface area (Å²) in [5, 5.41) is 0. The quantitative estimate of drug-likeness (QED) is 0.607. The first-order valence-corrected chi connectivity index (χ1v) is 5.18. The Hall–Kier alpha value is -2.17. The van der Waals surface area contributed by atoms with Gasteiger partial charge in [0, 0.05) is 5.57 Å². The van der Waals surface area contributed by atoms with Crippen molar-refractivity contribution in [3.8, 4) is 0 Å². The zero-order chi connectivity index (χ0) is 13.5. The Labute approximate surface area is 104 Å². The molecule has 0 atom stereocenters. The van der Waals surface area contributed by atoms with Gasteiger partial charge in [-0.05, 0) is 23.8 Å². The van der Waals surface area contributed by atoms with Crippen molar-refractivity contribution < 1.29 is 23.5 Å². The topological polar surface area (TPSA) is 52.6 Å². The van der Waals surface area contributed by atoms with Crippen LogP contribution < -0.4 is 0 Å². The predicted molar refractivity (Wildman–Crippen MR) is 63.0 cm³/mol. The van der Waals surface area contributed by atoms with Crippen molar-refractivity contribution in [1.29, 1.82) is 0 Å². The molecule has 0 aromatic heterocycles. The number of methoxy groups -OCH3 is 2. The third kappa shape index (κ3) is 4.01. The molecule has 0 saturated heterocycles. The van der Waals surface area contributed by atoms with E-state index in [1.807, 2.05) is 0 Å². The lowest BCUT2D eigenvalue weighted by Gasteiger charge is -2.04. The molecule has 1 rings (SSSR count). The monoisotopic (exact) mass is 252 g/mol. The van der Waals surface area contributed by atoms with Gasteiger partial charge in [-0.3, -0.25) is 4.79 Å². The Morgan fingerprint density at radius 2 is 1.78 bits per heavy atom. The van der Waals surface area contributed by atoms with E-state index in [4.69, 9.17) is 0 Å². The molecule has 96 valence electrons. The maximum atomic E-state index is 12.7. The van der Waals surface area contributed by atoms with Crippen LogP contribution in [0.4, 0.5) is 4.39 Å². The summed E-state index contributed by atoms with van der Waals surface area (Å²) < 4.78 is 21.8. The van der Waals surface area contributed by atoms with Crippen LogP contribution in [0, 0.1) is 5.82 Å². The van der Waals surface area contributed by atoms with E-state index in [1.54, 1.807) is 0 Å². The fourth-order valence-corrected chi connectivity index (χ4v) is 1.30. The van der Waals surface area contributed by atoms with Crippen molar-refractivity contribution in [3.63, 3.8) is 0 Å². The molecule has 0 amide bonds. The van der Waals surface area contributed by atoms with E-state index in [0.717, 1.165) is 0 Å². The highest BCUT2D eigenvalue weighted by atomic mass is 19.1. The molecule has 1 aromatic carbocycles. The van der Waals surface area contributed by atoms with Crippen LogP contribution in [0.1, 0.15) is 12.0 Å². The maximum Gasteiger partial charge on any atom is 0.334 e. The summed E-state index contributed by atoms with van der Waals surface area (Å²) in [6.45, 7) is 0. The second-order valence-electron chi connectivity index (χ2n) is 3.47. The molecule has 0 aliphatic rings. The number of esters is 2. The molecule has 0 saturated carbocycles. The van der Waals surface area contributed by atoms with E-state index in [9.17, 15) is 14.0 Å². The maximum absolute atomic E-state index is 12.7. The van der Waals surface area contributed by atoms with Crippen molar-refractivity contribution in [1.82, 2.24) is 0 Å². The molecule has 0 unspecified atom stereocenters. The lowest BCUT2D eigenvalue weighted by atomic mass is 10.1. The highest BCUT2D eigenvalue weighted by molar-refractivity contribution is 5.98. The van der Waals surface area contributed by atoms with Crippen LogP contribution in [-0.4, -0.2) is 26.2 Å². The van der Waals surface area contributed by atoms with Gasteiger partial charge in [0.05, 0.1) is 20.6 Å². The van der Waals surface area contributed by atoms with E-state index in [0.29, 0.717) is 5.56 Å². The summed E-state index contributed by atoms with van der Waals surface area (Å²) in [4.78, 5) is 22.6. The van der Waals surface area contributed by atoms with Gasteiger partial charge >= 0.3 is 11.9 Å². The largest absolute Gasteiger partial charge is 0.469 e. The summed E-state index contributed by atoms with van der Waals surface area (Å²) in [5.74, 6) is -1.54. The Morgan fingerprint density at radius 1 is 1.17 bits per heavy atom. The molecule has 0 aliphatic heterocycles. The van der Waals surface area contributed by atoms with Crippen LogP contribution in [0.15, 0.2) is 29.8 Å². The summed E-state index contributed by atoms with van der Waals surface area (Å²) in [6.07, 6.45) is 1.27. The number of hydrogen-bond acceptors (Lipinski definition) is 4. The second-order valence-corrected chi connectivity index (χ2v) is 3.47. The van der Waals surface area contributed by atoms with E-state index in [2.05, 4.69) is 9.47 Å². The normalized spacial score (nSPS) is 10.9. The molecule has 0 radical (unpaired) electrons. The van der Waals surface area contributed by atoms with E-state index < -0.39 is 11.9 Å². The number of ether oxygens (including phenoxy) is 2. The number of benzene rings is 1. The minimum absolute atomic E-state index is 0.149. The third-order valence-corrected chi connectivity index (χ3v) is 2.22. The molecular formula is C13H13FO4. The summed E-state index contributed by atoms with van der Waals surface area (Å²) >= 11 is 0. The molecule has 0 heterocycles. The fourth-order valence-electron chi connectivity index (χ4n) is 1.30. The van der Waals surface area contributed by atoms with Crippen LogP contribution in [0.3, 0.4) is 0 Å². The first kappa shape index (κ1) is 13.9. The Balaban J connectivity index is 2.98. The molecule has 1 aromatic rings. The van der Waals surface area contributed by atoms with Gasteiger partial charge in [-0.25, -0.2) is 9.18 Å². The Bertz CT molecular complexity index is 462. The molecule has 0 bridgehead atoms. The first-order valence-electron chi connectivity index (χ1n) is 5.18. The molecule has 4 nitrogen and oxygen atoms in total. The van der Waals surface area contributed by atoms with Gasteiger partial charge in [-0.2, -0.15) is 0 Å². The average Bonchev–Trinajstić information content (AvgIpc) is 2.39. The van der Waals surface area contributed by atoms with Crippen LogP contribution in [-0.2, 0) is 19.1 Å². The van der Waals surface area contributed by atoms with E-state index in [1.165, 1.54) is 44.6 Å². The van der Waals surface area contributed by atoms with Crippen LogP contribution in [0.5, 0.6) is 0 Å². The van der Waals surface area contributed by atoms with Crippen molar-refractivity contribution in [3.05, 3.63) is 41.2 Å². The van der Waals surface area contributed by atoms with Gasteiger partial charge in [-0.1, -0.05) is 12.1 Å². The van der Waals surface area contributed by atoms with Crippen LogP contribution in [0.2, 0.25) is 0 Å². The minimum atomic E-state index is -0.621. The van der Waals surface area contributed by atoms with Crippen molar-refractivity contribution in [2.24, 2.45) is 0 Å². The van der Waals surface area contributed by atoms with Crippen molar-refractivity contribution >= 4 is 18.0 Å². The van der Waals surface area contributed by atoms with Crippen molar-refractivity contribution in [2.45, 2.75) is 6.42 Å². The smallest absolute Gasteiger partial charge is 0.334 e. The first-order chi connectivity index (χ1) is 8.56. The van der Waals surface area contributed by atoms with Gasteiger partial charge < -0.3 is 9.47 Å². The summed E-state index contributed by atoms with van der Waals surface area (Å²) in [6, 6.07) is 5.52. The highest BCUT2D eigenvalue weighted by Crippen LogP contribution is 2.13.